The Kier molecular flexibility index (Phi) is 4.02. The summed E-state index contributed by atoms with van der Waals surface area (Å²) in [5, 5.41) is 12.2. The van der Waals surface area contributed by atoms with E-state index in [1.165, 1.54) is 12.8 Å². The third-order valence-electron chi connectivity index (χ3n) is 5.73. The minimum absolute atomic E-state index is 0.150. The Labute approximate surface area is 142 Å². The molecule has 0 radical (unpaired) electrons. The van der Waals surface area contributed by atoms with Gasteiger partial charge in [0.15, 0.2) is 0 Å². The number of aliphatic hydroxyl groups is 1. The number of nitrogens with zero attached hydrogens (tertiary/aromatic N) is 2. The first-order valence-electron chi connectivity index (χ1n) is 8.70. The van der Waals surface area contributed by atoms with Gasteiger partial charge in [-0.3, -0.25) is 9.88 Å². The highest BCUT2D eigenvalue weighted by Crippen LogP contribution is 2.42. The standard InChI is InChI=1S/C20H24N2O2/c1-3-14-10-13-7-9-22(14)19(11-13)20(23)16-6-8-21-18-5-4-15(24-2)12-17(16)18/h3-6,8,12-14,19-20,23H,1,7,9-11H2,2H3/t13-,14-,19-,20?/m0/s1. The van der Waals surface area contributed by atoms with Crippen LogP contribution in [0.2, 0.25) is 0 Å². The molecule has 3 aliphatic rings. The summed E-state index contributed by atoms with van der Waals surface area (Å²) >= 11 is 0. The zero-order valence-corrected chi connectivity index (χ0v) is 14.1. The van der Waals surface area contributed by atoms with Crippen LogP contribution in [0.3, 0.4) is 0 Å². The molecule has 2 aromatic rings. The third kappa shape index (κ3) is 2.50. The molecule has 4 heteroatoms. The van der Waals surface area contributed by atoms with Crippen molar-refractivity contribution in [3.8, 4) is 5.75 Å². The normalized spacial score (nSPS) is 30.2. The summed E-state index contributed by atoms with van der Waals surface area (Å²) in [6.07, 6.45) is 6.77. The quantitative estimate of drug-likeness (QED) is 0.877. The predicted molar refractivity (Wildman–Crippen MR) is 95.1 cm³/mol. The van der Waals surface area contributed by atoms with Crippen molar-refractivity contribution in [2.24, 2.45) is 5.92 Å². The van der Waals surface area contributed by atoms with Crippen LogP contribution in [-0.2, 0) is 0 Å². The zero-order valence-electron chi connectivity index (χ0n) is 14.1. The van der Waals surface area contributed by atoms with Gasteiger partial charge < -0.3 is 9.84 Å². The fourth-order valence-corrected chi connectivity index (χ4v) is 4.48. The van der Waals surface area contributed by atoms with Gasteiger partial charge in [-0.2, -0.15) is 0 Å². The van der Waals surface area contributed by atoms with Crippen molar-refractivity contribution in [1.82, 2.24) is 9.88 Å². The number of fused-ring (bicyclic) bond motifs is 4. The lowest BCUT2D eigenvalue weighted by Gasteiger charge is -2.51. The van der Waals surface area contributed by atoms with Crippen LogP contribution in [0, 0.1) is 5.92 Å². The van der Waals surface area contributed by atoms with Crippen LogP contribution in [0.15, 0.2) is 43.1 Å². The van der Waals surface area contributed by atoms with Gasteiger partial charge in [0.25, 0.3) is 0 Å². The maximum absolute atomic E-state index is 11.2. The first-order chi connectivity index (χ1) is 11.7. The second-order valence-electron chi connectivity index (χ2n) is 6.96. The lowest BCUT2D eigenvalue weighted by Crippen LogP contribution is -2.55. The van der Waals surface area contributed by atoms with E-state index in [9.17, 15) is 5.11 Å². The SMILES string of the molecule is C=C[C@H]1C[C@@H]2CCN1[C@H](C(O)c1ccnc3ccc(OC)cc13)C2. The van der Waals surface area contributed by atoms with Crippen molar-refractivity contribution >= 4 is 10.9 Å². The largest absolute Gasteiger partial charge is 0.497 e. The number of hydrogen-bond donors (Lipinski definition) is 1. The van der Waals surface area contributed by atoms with Gasteiger partial charge in [-0.1, -0.05) is 6.08 Å². The summed E-state index contributed by atoms with van der Waals surface area (Å²) in [7, 11) is 1.66. The molecule has 4 heterocycles. The highest BCUT2D eigenvalue weighted by Gasteiger charge is 2.42. The number of methoxy groups -OCH3 is 1. The van der Waals surface area contributed by atoms with Crippen molar-refractivity contribution in [3.63, 3.8) is 0 Å². The van der Waals surface area contributed by atoms with E-state index in [1.54, 1.807) is 13.3 Å². The number of hydrogen-bond acceptors (Lipinski definition) is 4. The molecule has 24 heavy (non-hydrogen) atoms. The van der Waals surface area contributed by atoms with Crippen LogP contribution in [-0.4, -0.2) is 40.7 Å². The monoisotopic (exact) mass is 324 g/mol. The van der Waals surface area contributed by atoms with Gasteiger partial charge in [0, 0.05) is 23.7 Å². The minimum atomic E-state index is -0.520. The van der Waals surface area contributed by atoms with E-state index in [4.69, 9.17) is 4.74 Å². The number of pyridine rings is 1. The van der Waals surface area contributed by atoms with Crippen LogP contribution in [0.25, 0.3) is 10.9 Å². The molecule has 0 amide bonds. The molecule has 0 saturated carbocycles. The molecule has 5 atom stereocenters. The summed E-state index contributed by atoms with van der Waals surface area (Å²) in [5.74, 6) is 1.48. The van der Waals surface area contributed by atoms with Gasteiger partial charge in [-0.05, 0) is 61.6 Å². The highest BCUT2D eigenvalue weighted by atomic mass is 16.5. The van der Waals surface area contributed by atoms with E-state index in [2.05, 4.69) is 16.5 Å². The van der Waals surface area contributed by atoms with E-state index in [-0.39, 0.29) is 6.04 Å². The Bertz CT molecular complexity index is 760. The summed E-state index contributed by atoms with van der Waals surface area (Å²) < 4.78 is 5.35. The molecule has 3 aliphatic heterocycles. The van der Waals surface area contributed by atoms with E-state index < -0.39 is 6.10 Å². The second-order valence-corrected chi connectivity index (χ2v) is 6.96. The molecule has 2 bridgehead atoms. The Morgan fingerprint density at radius 3 is 3.00 bits per heavy atom. The Morgan fingerprint density at radius 2 is 2.25 bits per heavy atom. The Balaban J connectivity index is 1.73. The molecule has 4 nitrogen and oxygen atoms in total. The summed E-state index contributed by atoms with van der Waals surface area (Å²) in [6.45, 7) is 5.04. The van der Waals surface area contributed by atoms with Crippen molar-refractivity contribution in [1.29, 1.82) is 0 Å². The van der Waals surface area contributed by atoms with Gasteiger partial charge in [0.1, 0.15) is 5.75 Å². The average molecular weight is 324 g/mol. The third-order valence-corrected chi connectivity index (χ3v) is 5.73. The Morgan fingerprint density at radius 1 is 1.38 bits per heavy atom. The molecule has 5 rings (SSSR count). The van der Waals surface area contributed by atoms with E-state index >= 15 is 0 Å². The maximum Gasteiger partial charge on any atom is 0.119 e. The van der Waals surface area contributed by atoms with E-state index in [0.717, 1.165) is 35.2 Å². The number of rotatable bonds is 4. The average Bonchev–Trinajstić information content (AvgIpc) is 2.66. The molecule has 0 aliphatic carbocycles. The molecule has 0 spiro atoms. The molecule has 1 N–H and O–H groups in total. The summed E-state index contributed by atoms with van der Waals surface area (Å²) in [4.78, 5) is 6.86. The van der Waals surface area contributed by atoms with Gasteiger partial charge in [0.05, 0.1) is 18.7 Å². The van der Waals surface area contributed by atoms with Crippen LogP contribution in [0.4, 0.5) is 0 Å². The summed E-state index contributed by atoms with van der Waals surface area (Å²) in [5.41, 5.74) is 1.84. The van der Waals surface area contributed by atoms with Gasteiger partial charge >= 0.3 is 0 Å². The van der Waals surface area contributed by atoms with Crippen molar-refractivity contribution < 1.29 is 9.84 Å². The fraction of sp³-hybridized carbons (Fsp3) is 0.450. The highest BCUT2D eigenvalue weighted by molar-refractivity contribution is 5.83. The van der Waals surface area contributed by atoms with E-state index in [0.29, 0.717) is 12.0 Å². The molecule has 3 saturated heterocycles. The van der Waals surface area contributed by atoms with Gasteiger partial charge in [0.2, 0.25) is 0 Å². The van der Waals surface area contributed by atoms with Crippen molar-refractivity contribution in [2.45, 2.75) is 37.5 Å². The number of ether oxygens (including phenoxy) is 1. The molecule has 3 fully saturated rings. The smallest absolute Gasteiger partial charge is 0.119 e. The van der Waals surface area contributed by atoms with Crippen LogP contribution in [0.1, 0.15) is 30.9 Å². The lowest BCUT2D eigenvalue weighted by molar-refractivity contribution is -0.0473. The molecule has 126 valence electrons. The minimum Gasteiger partial charge on any atom is -0.497 e. The molecule has 1 aromatic heterocycles. The van der Waals surface area contributed by atoms with Crippen LogP contribution in [0.5, 0.6) is 5.75 Å². The number of aliphatic hydroxyl groups excluding tert-OH is 1. The predicted octanol–water partition coefficient (Wildman–Crippen LogP) is 3.32. The number of aromatic nitrogens is 1. The topological polar surface area (TPSA) is 45.6 Å². The Hall–Kier alpha value is -1.91. The zero-order chi connectivity index (χ0) is 16.7. The fourth-order valence-electron chi connectivity index (χ4n) is 4.48. The first kappa shape index (κ1) is 15.6. The second kappa shape index (κ2) is 6.19. The maximum atomic E-state index is 11.2. The molecular formula is C20H24N2O2. The molecular weight excluding hydrogens is 300 g/mol. The van der Waals surface area contributed by atoms with Crippen molar-refractivity contribution in [2.75, 3.05) is 13.7 Å². The molecule has 1 aromatic carbocycles. The number of piperidine rings is 3. The van der Waals surface area contributed by atoms with Crippen LogP contribution < -0.4 is 4.74 Å². The lowest BCUT2D eigenvalue weighted by atomic mass is 9.76. The summed E-state index contributed by atoms with van der Waals surface area (Å²) in [6, 6.07) is 8.31. The van der Waals surface area contributed by atoms with Gasteiger partial charge in [-0.15, -0.1) is 6.58 Å². The first-order valence-corrected chi connectivity index (χ1v) is 8.70. The molecule has 2 unspecified atom stereocenters. The van der Waals surface area contributed by atoms with E-state index in [1.807, 2.05) is 30.3 Å². The number of benzene rings is 1. The van der Waals surface area contributed by atoms with Gasteiger partial charge in [-0.25, -0.2) is 0 Å². The van der Waals surface area contributed by atoms with Crippen molar-refractivity contribution in [3.05, 3.63) is 48.7 Å². The van der Waals surface area contributed by atoms with Crippen LogP contribution >= 0.6 is 0 Å².